The Bertz CT molecular complexity index is 782. The van der Waals surface area contributed by atoms with Gasteiger partial charge in [0.2, 0.25) is 0 Å². The Morgan fingerprint density at radius 3 is 0.861 bits per heavy atom. The van der Waals surface area contributed by atoms with Crippen LogP contribution in [0.4, 0.5) is 0 Å². The van der Waals surface area contributed by atoms with Crippen LogP contribution in [0.3, 0.4) is 0 Å². The van der Waals surface area contributed by atoms with E-state index < -0.39 is 0 Å². The molecule has 0 bridgehead atoms. The first-order chi connectivity index (χ1) is 16.3. The van der Waals surface area contributed by atoms with Crippen molar-refractivity contribution in [1.29, 1.82) is 0 Å². The van der Waals surface area contributed by atoms with E-state index in [0.29, 0.717) is 0 Å². The van der Waals surface area contributed by atoms with E-state index in [1.807, 2.05) is 32.0 Å². The van der Waals surface area contributed by atoms with Crippen LogP contribution in [-0.2, 0) is 10.8 Å². The van der Waals surface area contributed by atoms with E-state index in [0.717, 1.165) is 0 Å². The van der Waals surface area contributed by atoms with Gasteiger partial charge in [0.25, 0.3) is 0 Å². The van der Waals surface area contributed by atoms with Crippen LogP contribution in [0.5, 0.6) is 0 Å². The van der Waals surface area contributed by atoms with Crippen LogP contribution in [0, 0.1) is 20.8 Å². The number of benzene rings is 3. The minimum atomic E-state index is 0. The Morgan fingerprint density at radius 1 is 0.444 bits per heavy atom. The Kier molecular flexibility index (Phi) is 22.1. The van der Waals surface area contributed by atoms with Gasteiger partial charge in [-0.25, -0.2) is 0 Å². The van der Waals surface area contributed by atoms with Crippen molar-refractivity contribution in [3.63, 3.8) is 0 Å². The Morgan fingerprint density at radius 2 is 0.694 bits per heavy atom. The fourth-order valence-electron chi connectivity index (χ4n) is 2.64. The van der Waals surface area contributed by atoms with E-state index in [-0.39, 0.29) is 18.3 Å². The molecule has 0 heteroatoms. The number of hydrogen-bond donors (Lipinski definition) is 0. The monoisotopic (exact) mass is 492 g/mol. The van der Waals surface area contributed by atoms with Gasteiger partial charge in [-0.3, -0.25) is 0 Å². The van der Waals surface area contributed by atoms with Gasteiger partial charge >= 0.3 is 0 Å². The second-order valence-corrected chi connectivity index (χ2v) is 10.9. The average Bonchev–Trinajstić information content (AvgIpc) is 2.81. The summed E-state index contributed by atoms with van der Waals surface area (Å²) in [7, 11) is 0. The lowest BCUT2D eigenvalue weighted by atomic mass is 9.87. The molecule has 3 aromatic rings. The minimum Gasteiger partial charge on any atom is -0.0776 e. The van der Waals surface area contributed by atoms with Gasteiger partial charge in [-0.2, -0.15) is 0 Å². The lowest BCUT2D eigenvalue weighted by Gasteiger charge is -2.18. The standard InChI is InChI=1S/2C11H16.C7H8.C4H10.C2H6.CH4/c2*1-9-5-7-10(8-6-9)11(2,3)4;1-7-5-3-2-4-6-7;1-3-4-2;1-2;/h2*5-8H,1-4H3;2-6H,1H3;3-4H2,1-2H3;1-2H3;1H4. The smallest absolute Gasteiger partial charge is 0.0132 e. The predicted octanol–water partition coefficient (Wildman–Crippen LogP) is 12.0. The van der Waals surface area contributed by atoms with Crippen molar-refractivity contribution in [2.24, 2.45) is 0 Å². The van der Waals surface area contributed by atoms with Crippen molar-refractivity contribution >= 4 is 0 Å². The number of unbranched alkanes of at least 4 members (excludes halogenated alkanes) is 1. The fraction of sp³-hybridized carbons (Fsp3) is 0.500. The van der Waals surface area contributed by atoms with E-state index in [4.69, 9.17) is 0 Å². The summed E-state index contributed by atoms with van der Waals surface area (Å²) in [5, 5.41) is 0. The molecule has 0 aliphatic heterocycles. The lowest BCUT2D eigenvalue weighted by Crippen LogP contribution is -2.10. The molecule has 0 radical (unpaired) electrons. The summed E-state index contributed by atoms with van der Waals surface area (Å²) in [4.78, 5) is 0. The molecule has 36 heavy (non-hydrogen) atoms. The van der Waals surface area contributed by atoms with Gasteiger partial charge in [0.1, 0.15) is 0 Å². The van der Waals surface area contributed by atoms with Crippen molar-refractivity contribution in [1.82, 2.24) is 0 Å². The van der Waals surface area contributed by atoms with Crippen LogP contribution >= 0.6 is 0 Å². The molecule has 3 rings (SSSR count). The van der Waals surface area contributed by atoms with Crippen LogP contribution in [0.15, 0.2) is 78.9 Å². The summed E-state index contributed by atoms with van der Waals surface area (Å²) in [6, 6.07) is 27.7. The molecule has 0 nitrogen and oxygen atoms in total. The zero-order valence-corrected chi connectivity index (χ0v) is 25.4. The maximum atomic E-state index is 2.23. The largest absolute Gasteiger partial charge is 0.0776 e. The van der Waals surface area contributed by atoms with Crippen molar-refractivity contribution in [3.8, 4) is 0 Å². The molecule has 0 aliphatic rings. The molecular weight excluding hydrogens is 432 g/mol. The molecule has 204 valence electrons. The number of aryl methyl sites for hydroxylation is 3. The van der Waals surface area contributed by atoms with Gasteiger partial charge in [-0.05, 0) is 42.7 Å². The Hall–Kier alpha value is -2.34. The van der Waals surface area contributed by atoms with Crippen molar-refractivity contribution in [2.75, 3.05) is 0 Å². The van der Waals surface area contributed by atoms with Crippen LogP contribution in [-0.4, -0.2) is 0 Å². The van der Waals surface area contributed by atoms with Gasteiger partial charge < -0.3 is 0 Å². The van der Waals surface area contributed by atoms with E-state index in [2.05, 4.69) is 137 Å². The molecule has 0 spiro atoms. The molecular formula is C36H60. The topological polar surface area (TPSA) is 0 Å². The second-order valence-electron chi connectivity index (χ2n) is 10.9. The van der Waals surface area contributed by atoms with Crippen molar-refractivity contribution in [3.05, 3.63) is 107 Å². The average molecular weight is 493 g/mol. The predicted molar refractivity (Wildman–Crippen MR) is 170 cm³/mol. The van der Waals surface area contributed by atoms with Crippen LogP contribution in [0.1, 0.15) is 117 Å². The van der Waals surface area contributed by atoms with E-state index in [1.54, 1.807) is 0 Å². The van der Waals surface area contributed by atoms with Crippen molar-refractivity contribution < 1.29 is 0 Å². The molecule has 0 N–H and O–H groups in total. The molecule has 0 fully saturated rings. The zero-order valence-electron chi connectivity index (χ0n) is 25.4. The highest BCUT2D eigenvalue weighted by Gasteiger charge is 2.12. The van der Waals surface area contributed by atoms with E-state index in [9.17, 15) is 0 Å². The first kappa shape index (κ1) is 38.2. The summed E-state index contributed by atoms with van der Waals surface area (Å²) in [6.45, 7) is 28.1. The highest BCUT2D eigenvalue weighted by Crippen LogP contribution is 2.22. The van der Waals surface area contributed by atoms with E-state index in [1.165, 1.54) is 40.7 Å². The summed E-state index contributed by atoms with van der Waals surface area (Å²) in [5.41, 5.74) is 7.37. The maximum Gasteiger partial charge on any atom is -0.0132 e. The van der Waals surface area contributed by atoms with Crippen LogP contribution in [0.2, 0.25) is 0 Å². The van der Waals surface area contributed by atoms with Crippen molar-refractivity contribution in [2.45, 2.75) is 121 Å². The first-order valence-corrected chi connectivity index (χ1v) is 13.5. The second kappa shape index (κ2) is 20.8. The molecule has 0 saturated carbocycles. The van der Waals surface area contributed by atoms with Gasteiger partial charge in [-0.1, -0.05) is 185 Å². The molecule has 0 saturated heterocycles. The third kappa shape index (κ3) is 19.9. The van der Waals surface area contributed by atoms with Gasteiger partial charge in [0, 0.05) is 0 Å². The van der Waals surface area contributed by atoms with Gasteiger partial charge in [-0.15, -0.1) is 0 Å². The normalized spacial score (nSPS) is 9.81. The summed E-state index contributed by atoms with van der Waals surface area (Å²) in [6.07, 6.45) is 2.64. The highest BCUT2D eigenvalue weighted by molar-refractivity contribution is 5.27. The summed E-state index contributed by atoms with van der Waals surface area (Å²) < 4.78 is 0. The summed E-state index contributed by atoms with van der Waals surface area (Å²) >= 11 is 0. The highest BCUT2D eigenvalue weighted by atomic mass is 14.2. The molecule has 0 heterocycles. The van der Waals surface area contributed by atoms with Crippen LogP contribution < -0.4 is 0 Å². The Balaban J connectivity index is -0.000000411. The van der Waals surface area contributed by atoms with E-state index >= 15 is 0 Å². The maximum absolute atomic E-state index is 2.23. The third-order valence-corrected chi connectivity index (χ3v) is 5.28. The van der Waals surface area contributed by atoms with Gasteiger partial charge in [0.15, 0.2) is 0 Å². The third-order valence-electron chi connectivity index (χ3n) is 5.28. The van der Waals surface area contributed by atoms with Gasteiger partial charge in [0.05, 0.1) is 0 Å². The molecule has 0 aliphatic carbocycles. The summed E-state index contributed by atoms with van der Waals surface area (Å²) in [5.74, 6) is 0. The molecule has 0 aromatic heterocycles. The SMILES string of the molecule is C.CC.CCCC.Cc1ccc(C(C)(C)C)cc1.Cc1ccc(C(C)(C)C)cc1.Cc1ccccc1. The zero-order chi connectivity index (χ0) is 27.5. The molecule has 0 unspecified atom stereocenters. The molecule has 3 aromatic carbocycles. The number of rotatable bonds is 1. The first-order valence-electron chi connectivity index (χ1n) is 13.5. The fourth-order valence-corrected chi connectivity index (χ4v) is 2.64. The number of hydrogen-bond acceptors (Lipinski definition) is 0. The minimum absolute atomic E-state index is 0. The molecule has 0 atom stereocenters. The van der Waals surface area contributed by atoms with Crippen LogP contribution in [0.25, 0.3) is 0 Å². The quantitative estimate of drug-likeness (QED) is 0.317. The lowest BCUT2D eigenvalue weighted by molar-refractivity contribution is 0.590. The molecule has 0 amide bonds. The Labute approximate surface area is 227 Å².